The fraction of sp³-hybridized carbons (Fsp3) is 0.529. The summed E-state index contributed by atoms with van der Waals surface area (Å²) >= 11 is 4.01. The van der Waals surface area contributed by atoms with Crippen molar-refractivity contribution < 1.29 is 34.2 Å². The zero-order valence-corrected chi connectivity index (χ0v) is 18.0. The Morgan fingerprint density at radius 3 is 2.22 bits per heavy atom. The Hall–Kier alpha value is -3.17. The number of aromatic nitrogens is 2. The third kappa shape index (κ3) is 8.52. The summed E-state index contributed by atoms with van der Waals surface area (Å²) in [4.78, 5) is 66.0. The van der Waals surface area contributed by atoms with E-state index in [9.17, 15) is 29.1 Å². The number of amides is 4. The molecule has 0 bridgehead atoms. The summed E-state index contributed by atoms with van der Waals surface area (Å²) < 4.78 is 0. The number of thiol groups is 1. The number of carboxylic acid groups (broad SMARTS) is 1. The van der Waals surface area contributed by atoms with E-state index in [0.29, 0.717) is 5.69 Å². The number of nitrogens with two attached hydrogens (primary N) is 2. The number of carbonyl (C=O) groups excluding carboxylic acids is 4. The highest BCUT2D eigenvalue weighted by molar-refractivity contribution is 7.80. The molecule has 0 fully saturated rings. The van der Waals surface area contributed by atoms with Crippen LogP contribution in [-0.2, 0) is 30.4 Å². The van der Waals surface area contributed by atoms with E-state index >= 15 is 0 Å². The number of aromatic amines is 1. The second kappa shape index (κ2) is 12.6. The van der Waals surface area contributed by atoms with Gasteiger partial charge in [-0.2, -0.15) is 12.6 Å². The average Bonchev–Trinajstić information content (AvgIpc) is 3.21. The zero-order valence-electron chi connectivity index (χ0n) is 17.1. The van der Waals surface area contributed by atoms with E-state index in [1.54, 1.807) is 0 Å². The molecule has 5 unspecified atom stereocenters. The molecule has 0 aliphatic rings. The lowest BCUT2D eigenvalue weighted by Crippen LogP contribution is -2.60. The van der Waals surface area contributed by atoms with E-state index in [1.165, 1.54) is 19.4 Å². The van der Waals surface area contributed by atoms with E-state index in [2.05, 4.69) is 33.2 Å². The van der Waals surface area contributed by atoms with Crippen molar-refractivity contribution in [1.82, 2.24) is 25.9 Å². The van der Waals surface area contributed by atoms with Gasteiger partial charge in [-0.1, -0.05) is 0 Å². The minimum atomic E-state index is -1.65. The van der Waals surface area contributed by atoms with Gasteiger partial charge in [-0.05, 0) is 6.92 Å². The second-order valence-corrected chi connectivity index (χ2v) is 7.29. The van der Waals surface area contributed by atoms with Gasteiger partial charge in [0.05, 0.1) is 24.9 Å². The molecule has 0 spiro atoms. The van der Waals surface area contributed by atoms with Crippen LogP contribution in [0.25, 0.3) is 0 Å². The predicted octanol–water partition coefficient (Wildman–Crippen LogP) is -4.00. The molecule has 14 nitrogen and oxygen atoms in total. The van der Waals surface area contributed by atoms with Crippen LogP contribution in [0, 0.1) is 0 Å². The third-order valence-corrected chi connectivity index (χ3v) is 4.59. The number of hydrogen-bond donors (Lipinski definition) is 9. The summed E-state index contributed by atoms with van der Waals surface area (Å²) in [7, 11) is 0. The molecule has 0 saturated carbocycles. The number of nitrogens with one attached hydrogen (secondary N) is 4. The smallest absolute Gasteiger partial charge is 0.326 e. The third-order valence-electron chi connectivity index (χ3n) is 4.23. The van der Waals surface area contributed by atoms with Crippen LogP contribution in [0.15, 0.2) is 12.5 Å². The Kier molecular flexibility index (Phi) is 10.6. The number of carboxylic acids is 1. The van der Waals surface area contributed by atoms with Crippen LogP contribution in [0.3, 0.4) is 0 Å². The zero-order chi connectivity index (χ0) is 24.4. The number of aliphatic carboxylic acids is 1. The molecule has 4 amide bonds. The number of aliphatic hydroxyl groups excluding tert-OH is 1. The van der Waals surface area contributed by atoms with Gasteiger partial charge in [0.1, 0.15) is 18.1 Å². The van der Waals surface area contributed by atoms with Crippen LogP contribution in [0.2, 0.25) is 0 Å². The van der Waals surface area contributed by atoms with Crippen molar-refractivity contribution >= 4 is 42.2 Å². The van der Waals surface area contributed by atoms with Gasteiger partial charge in [-0.3, -0.25) is 19.2 Å². The molecule has 0 saturated heterocycles. The standard InChI is InChI=1S/C17H27N7O7S/c1-7(25)13(16(29)22-10(17(30)31)3-12(19)26)24-15(28)11(5-32)23-14(27)9(18)2-8-4-20-6-21-8/h4,6-7,9-11,13,25,32H,2-3,5,18H2,1H3,(H2,19,26)(H,20,21)(H,22,29)(H,23,27)(H,24,28)(H,30,31). The number of primary amides is 1. The molecule has 0 aliphatic carbocycles. The van der Waals surface area contributed by atoms with E-state index in [1.807, 2.05) is 5.32 Å². The minimum absolute atomic E-state index is 0.127. The molecule has 1 aromatic heterocycles. The molecular formula is C17H27N7O7S. The number of rotatable bonds is 13. The number of aliphatic hydroxyl groups is 1. The number of hydrogen-bond acceptors (Lipinski definition) is 9. The molecule has 15 heteroatoms. The lowest BCUT2D eigenvalue weighted by molar-refractivity contribution is -0.144. The van der Waals surface area contributed by atoms with E-state index in [0.717, 1.165) is 0 Å². The summed E-state index contributed by atoms with van der Waals surface area (Å²) in [5.74, 6) is -5.27. The first-order valence-corrected chi connectivity index (χ1v) is 10.0. The number of H-pyrrole nitrogens is 1. The van der Waals surface area contributed by atoms with Gasteiger partial charge in [0, 0.05) is 24.1 Å². The SMILES string of the molecule is CC(O)C(NC(=O)C(CS)NC(=O)C(N)Cc1cnc[nH]1)C(=O)NC(CC(N)=O)C(=O)O. The molecule has 1 rings (SSSR count). The average molecular weight is 474 g/mol. The molecule has 32 heavy (non-hydrogen) atoms. The summed E-state index contributed by atoms with van der Waals surface area (Å²) in [6, 6.07) is -5.46. The normalized spacial score (nSPS) is 15.5. The second-order valence-electron chi connectivity index (χ2n) is 6.93. The molecule has 1 heterocycles. The van der Waals surface area contributed by atoms with Crippen molar-refractivity contribution in [3.63, 3.8) is 0 Å². The van der Waals surface area contributed by atoms with Crippen LogP contribution in [-0.4, -0.2) is 85.8 Å². The van der Waals surface area contributed by atoms with Crippen LogP contribution in [0.4, 0.5) is 0 Å². The number of carbonyl (C=O) groups is 5. The molecule has 178 valence electrons. The Labute approximate surface area is 188 Å². The molecule has 0 radical (unpaired) electrons. The van der Waals surface area contributed by atoms with Crippen molar-refractivity contribution in [3.05, 3.63) is 18.2 Å². The largest absolute Gasteiger partial charge is 0.480 e. The van der Waals surface area contributed by atoms with E-state index < -0.39 is 66.3 Å². The van der Waals surface area contributed by atoms with Crippen molar-refractivity contribution in [2.45, 2.75) is 50.0 Å². The summed E-state index contributed by atoms with van der Waals surface area (Å²) in [6.07, 6.45) is 0.904. The first-order chi connectivity index (χ1) is 15.0. The van der Waals surface area contributed by atoms with Gasteiger partial charge >= 0.3 is 5.97 Å². The van der Waals surface area contributed by atoms with Gasteiger partial charge in [0.15, 0.2) is 0 Å². The molecular weight excluding hydrogens is 446 g/mol. The van der Waals surface area contributed by atoms with E-state index in [4.69, 9.17) is 16.6 Å². The minimum Gasteiger partial charge on any atom is -0.480 e. The lowest BCUT2D eigenvalue weighted by atomic mass is 10.1. The van der Waals surface area contributed by atoms with Gasteiger partial charge in [-0.25, -0.2) is 9.78 Å². The number of imidazole rings is 1. The lowest BCUT2D eigenvalue weighted by Gasteiger charge is -2.25. The van der Waals surface area contributed by atoms with Crippen LogP contribution < -0.4 is 27.4 Å². The van der Waals surface area contributed by atoms with Gasteiger partial charge < -0.3 is 42.6 Å². The highest BCUT2D eigenvalue weighted by Gasteiger charge is 2.32. The maximum atomic E-state index is 12.6. The van der Waals surface area contributed by atoms with Gasteiger partial charge in [-0.15, -0.1) is 0 Å². The Morgan fingerprint density at radius 1 is 1.12 bits per heavy atom. The summed E-state index contributed by atoms with van der Waals surface area (Å²) in [5.41, 5.74) is 11.4. The quantitative estimate of drug-likeness (QED) is 0.127. The first-order valence-electron chi connectivity index (χ1n) is 9.40. The topological polar surface area (TPSA) is 243 Å². The van der Waals surface area contributed by atoms with Gasteiger partial charge in [0.2, 0.25) is 23.6 Å². The van der Waals surface area contributed by atoms with Crippen molar-refractivity contribution in [2.75, 3.05) is 5.75 Å². The first kappa shape index (κ1) is 26.9. The fourth-order valence-electron chi connectivity index (χ4n) is 2.52. The van der Waals surface area contributed by atoms with Crippen LogP contribution in [0.5, 0.6) is 0 Å². The van der Waals surface area contributed by atoms with E-state index in [-0.39, 0.29) is 12.2 Å². The van der Waals surface area contributed by atoms with Crippen LogP contribution >= 0.6 is 12.6 Å². The Balaban J connectivity index is 2.78. The monoisotopic (exact) mass is 473 g/mol. The molecule has 10 N–H and O–H groups in total. The molecule has 0 aromatic carbocycles. The van der Waals surface area contributed by atoms with Crippen molar-refractivity contribution in [2.24, 2.45) is 11.5 Å². The highest BCUT2D eigenvalue weighted by Crippen LogP contribution is 2.01. The Morgan fingerprint density at radius 2 is 1.75 bits per heavy atom. The van der Waals surface area contributed by atoms with Gasteiger partial charge in [0.25, 0.3) is 0 Å². The maximum absolute atomic E-state index is 12.6. The van der Waals surface area contributed by atoms with Crippen molar-refractivity contribution in [3.8, 4) is 0 Å². The maximum Gasteiger partial charge on any atom is 0.326 e. The van der Waals surface area contributed by atoms with Crippen LogP contribution in [0.1, 0.15) is 19.0 Å². The molecule has 0 aliphatic heterocycles. The summed E-state index contributed by atoms with van der Waals surface area (Å²) in [6.45, 7) is 1.18. The molecule has 1 aromatic rings. The fourth-order valence-corrected chi connectivity index (χ4v) is 2.78. The van der Waals surface area contributed by atoms with Crippen molar-refractivity contribution in [1.29, 1.82) is 0 Å². The summed E-state index contributed by atoms with van der Waals surface area (Å²) in [5, 5.41) is 25.6. The molecule has 5 atom stereocenters. The highest BCUT2D eigenvalue weighted by atomic mass is 32.1. The Bertz CT molecular complexity index is 818. The number of nitrogens with zero attached hydrogens (tertiary/aromatic N) is 1. The predicted molar refractivity (Wildman–Crippen MR) is 113 cm³/mol.